The molecule has 10 nitrogen and oxygen atoms in total. The van der Waals surface area contributed by atoms with Gasteiger partial charge < -0.3 is 33.2 Å². The summed E-state index contributed by atoms with van der Waals surface area (Å²) in [5.74, 6) is 0.646. The molecule has 0 radical (unpaired) electrons. The number of fused-ring (bicyclic) bond motifs is 5. The lowest BCUT2D eigenvalue weighted by atomic mass is 9.63. The van der Waals surface area contributed by atoms with Gasteiger partial charge in [-0.25, -0.2) is 4.79 Å². The summed E-state index contributed by atoms with van der Waals surface area (Å²) in [6.07, 6.45) is 2.00. The molecule has 2 heterocycles. The lowest BCUT2D eigenvalue weighted by Crippen LogP contribution is -2.60. The van der Waals surface area contributed by atoms with E-state index >= 15 is 0 Å². The molecule has 2 aromatic carbocycles. The number of benzene rings is 2. The highest BCUT2D eigenvalue weighted by atomic mass is 16.6. The van der Waals surface area contributed by atoms with Crippen molar-refractivity contribution in [3.05, 3.63) is 52.6 Å². The van der Waals surface area contributed by atoms with Crippen LogP contribution in [0.1, 0.15) is 40.7 Å². The van der Waals surface area contributed by atoms with Gasteiger partial charge in [-0.3, -0.25) is 9.69 Å². The standard InChI is InChI=1S/C34H41NO9/c1-38-21-7-8-22-18(11-21)12-25-23(22)9-10-35-17-20-15-29(32(42-5)30(34(37)43-6)24(20)16-26(25)35)44-33(36)19-13-27(39-2)31(41-4)28(14-19)40-3/h7-8,11,13-14,20,24,26,29-30,32H,9-10,12,15-17H2,1-6H3/t20-,24+,26+,29-,30+,32+/m1/s1. The first-order valence-corrected chi connectivity index (χ1v) is 15.1. The monoisotopic (exact) mass is 607 g/mol. The fourth-order valence-electron chi connectivity index (χ4n) is 8.12. The molecule has 0 bridgehead atoms. The molecule has 6 atom stereocenters. The second kappa shape index (κ2) is 12.3. The van der Waals surface area contributed by atoms with E-state index in [0.29, 0.717) is 23.7 Å². The van der Waals surface area contributed by atoms with E-state index in [4.69, 9.17) is 33.2 Å². The molecule has 2 fully saturated rings. The maximum Gasteiger partial charge on any atom is 0.338 e. The summed E-state index contributed by atoms with van der Waals surface area (Å²) in [7, 11) is 9.17. The minimum absolute atomic E-state index is 0.0230. The highest BCUT2D eigenvalue weighted by molar-refractivity contribution is 5.91. The molecule has 6 rings (SSSR count). The van der Waals surface area contributed by atoms with Gasteiger partial charge in [0.15, 0.2) is 11.5 Å². The second-order valence-corrected chi connectivity index (χ2v) is 12.0. The number of ether oxygens (including phenoxy) is 7. The number of piperidine rings is 1. The number of methoxy groups -OCH3 is 6. The number of rotatable bonds is 8. The zero-order chi connectivity index (χ0) is 31.1. The highest BCUT2D eigenvalue weighted by Crippen LogP contribution is 2.51. The smallest absolute Gasteiger partial charge is 0.338 e. The zero-order valence-electron chi connectivity index (χ0n) is 26.2. The first kappa shape index (κ1) is 30.3. The third kappa shape index (κ3) is 5.07. The molecule has 236 valence electrons. The predicted octanol–water partition coefficient (Wildman–Crippen LogP) is 4.17. The number of nitrogens with zero attached hydrogens (tertiary/aromatic N) is 1. The Morgan fingerprint density at radius 3 is 2.27 bits per heavy atom. The second-order valence-electron chi connectivity index (χ2n) is 12.0. The van der Waals surface area contributed by atoms with Crippen LogP contribution in [0.2, 0.25) is 0 Å². The lowest BCUT2D eigenvalue weighted by molar-refractivity contribution is -0.175. The Kier molecular flexibility index (Phi) is 8.48. The molecule has 44 heavy (non-hydrogen) atoms. The van der Waals surface area contributed by atoms with Crippen molar-refractivity contribution >= 4 is 17.5 Å². The predicted molar refractivity (Wildman–Crippen MR) is 161 cm³/mol. The average molecular weight is 608 g/mol. The number of hydrogen-bond acceptors (Lipinski definition) is 10. The third-order valence-electron chi connectivity index (χ3n) is 10.1. The Labute approximate surface area is 258 Å². The molecule has 10 heteroatoms. The van der Waals surface area contributed by atoms with Crippen molar-refractivity contribution in [2.24, 2.45) is 17.8 Å². The lowest BCUT2D eigenvalue weighted by Gasteiger charge is -2.53. The minimum Gasteiger partial charge on any atom is -0.497 e. The molecular weight excluding hydrogens is 566 g/mol. The van der Waals surface area contributed by atoms with E-state index < -0.39 is 24.1 Å². The first-order chi connectivity index (χ1) is 21.3. The Hall–Kier alpha value is -3.76. The molecule has 4 aliphatic rings. The van der Waals surface area contributed by atoms with Crippen LogP contribution in [0.5, 0.6) is 23.0 Å². The van der Waals surface area contributed by atoms with Gasteiger partial charge in [0.25, 0.3) is 0 Å². The summed E-state index contributed by atoms with van der Waals surface area (Å²) >= 11 is 0. The number of carbonyl (C=O) groups is 2. The van der Waals surface area contributed by atoms with Crippen molar-refractivity contribution in [1.82, 2.24) is 4.90 Å². The van der Waals surface area contributed by atoms with Gasteiger partial charge in [0.2, 0.25) is 5.75 Å². The van der Waals surface area contributed by atoms with E-state index in [1.54, 1.807) is 26.4 Å². The average Bonchev–Trinajstić information content (AvgIpc) is 3.43. The molecule has 2 aromatic rings. The number of hydrogen-bond donors (Lipinski definition) is 0. The van der Waals surface area contributed by atoms with Gasteiger partial charge in [0.05, 0.1) is 47.0 Å². The molecule has 0 amide bonds. The maximum absolute atomic E-state index is 13.6. The summed E-state index contributed by atoms with van der Waals surface area (Å²) in [4.78, 5) is 29.5. The Bertz CT molecular complexity index is 1440. The van der Waals surface area contributed by atoms with E-state index in [1.807, 2.05) is 6.07 Å². The summed E-state index contributed by atoms with van der Waals surface area (Å²) in [5.41, 5.74) is 5.77. The third-order valence-corrected chi connectivity index (χ3v) is 10.1. The van der Waals surface area contributed by atoms with E-state index in [9.17, 15) is 9.59 Å². The fraction of sp³-hybridized carbons (Fsp3) is 0.529. The van der Waals surface area contributed by atoms with Crippen molar-refractivity contribution in [3.63, 3.8) is 0 Å². The fourth-order valence-corrected chi connectivity index (χ4v) is 8.12. The molecule has 1 saturated heterocycles. The summed E-state index contributed by atoms with van der Waals surface area (Å²) in [5, 5.41) is 0. The summed E-state index contributed by atoms with van der Waals surface area (Å²) in [6.45, 7) is 1.76. The zero-order valence-corrected chi connectivity index (χ0v) is 26.2. The van der Waals surface area contributed by atoms with Crippen LogP contribution in [0, 0.1) is 17.8 Å². The van der Waals surface area contributed by atoms with Gasteiger partial charge in [-0.15, -0.1) is 0 Å². The molecule has 0 aromatic heterocycles. The van der Waals surface area contributed by atoms with Crippen LogP contribution in [0.25, 0.3) is 5.57 Å². The topological polar surface area (TPSA) is 102 Å². The molecule has 0 spiro atoms. The van der Waals surface area contributed by atoms with Crippen LogP contribution in [0.3, 0.4) is 0 Å². The Morgan fingerprint density at radius 2 is 1.64 bits per heavy atom. The van der Waals surface area contributed by atoms with Crippen LogP contribution in [0.15, 0.2) is 35.9 Å². The van der Waals surface area contributed by atoms with Gasteiger partial charge in [-0.2, -0.15) is 0 Å². The van der Waals surface area contributed by atoms with E-state index in [2.05, 4.69) is 17.0 Å². The van der Waals surface area contributed by atoms with Gasteiger partial charge in [-0.1, -0.05) is 6.07 Å². The molecule has 0 N–H and O–H groups in total. The van der Waals surface area contributed by atoms with E-state index in [0.717, 1.165) is 38.1 Å². The summed E-state index contributed by atoms with van der Waals surface area (Å²) in [6, 6.07) is 9.73. The number of esters is 2. The van der Waals surface area contributed by atoms with Crippen molar-refractivity contribution < 1.29 is 42.7 Å². The molecule has 2 aliphatic heterocycles. The Balaban J connectivity index is 1.27. The Morgan fingerprint density at radius 1 is 0.886 bits per heavy atom. The van der Waals surface area contributed by atoms with Crippen LogP contribution < -0.4 is 18.9 Å². The van der Waals surface area contributed by atoms with Crippen LogP contribution in [-0.4, -0.2) is 90.8 Å². The van der Waals surface area contributed by atoms with Crippen molar-refractivity contribution in [1.29, 1.82) is 0 Å². The molecule has 0 unspecified atom stereocenters. The van der Waals surface area contributed by atoms with Gasteiger partial charge in [0, 0.05) is 26.2 Å². The van der Waals surface area contributed by atoms with E-state index in [-0.39, 0.29) is 29.4 Å². The molecule has 1 saturated carbocycles. The highest BCUT2D eigenvalue weighted by Gasteiger charge is 2.54. The number of carbonyl (C=O) groups excluding carboxylic acids is 2. The largest absolute Gasteiger partial charge is 0.497 e. The normalized spacial score (nSPS) is 27.3. The van der Waals surface area contributed by atoms with Crippen LogP contribution in [-0.2, 0) is 25.4 Å². The van der Waals surface area contributed by atoms with Crippen LogP contribution >= 0.6 is 0 Å². The maximum atomic E-state index is 13.6. The van der Waals surface area contributed by atoms with Crippen LogP contribution in [0.4, 0.5) is 0 Å². The molecule has 2 aliphatic carbocycles. The van der Waals surface area contributed by atoms with Crippen molar-refractivity contribution in [2.45, 2.75) is 43.9 Å². The van der Waals surface area contributed by atoms with Crippen molar-refractivity contribution in [2.75, 3.05) is 55.7 Å². The quantitative estimate of drug-likeness (QED) is 0.407. The van der Waals surface area contributed by atoms with Crippen molar-refractivity contribution in [3.8, 4) is 23.0 Å². The van der Waals surface area contributed by atoms with Gasteiger partial charge in [0.1, 0.15) is 18.0 Å². The SMILES string of the molecule is COC(=O)[C@H]1[C@H]2C[C@H]3C4=C(CCN3C[C@H]2C[C@@H](OC(=O)c2cc(OC)c(OC)c(OC)c2)[C@@H]1OC)c1ccc(OC)cc1C4. The summed E-state index contributed by atoms with van der Waals surface area (Å²) < 4.78 is 39.2. The molecular formula is C34H41NO9. The first-order valence-electron chi connectivity index (χ1n) is 15.1. The van der Waals surface area contributed by atoms with E-state index in [1.165, 1.54) is 50.7 Å². The minimum atomic E-state index is -0.650. The van der Waals surface area contributed by atoms with Gasteiger partial charge in [-0.05, 0) is 84.1 Å². The van der Waals surface area contributed by atoms with Gasteiger partial charge >= 0.3 is 11.9 Å².